The number of anilines is 1. The number of aliphatic carboxylic acids is 1. The molecule has 1 unspecified atom stereocenters. The molecule has 3 N–H and O–H groups in total. The molecular formula is C19H23N3O4S. The third-order valence-electron chi connectivity index (χ3n) is 3.83. The second-order valence-corrected chi connectivity index (χ2v) is 7.29. The van der Waals surface area contributed by atoms with E-state index in [2.05, 4.69) is 15.6 Å². The number of hydrogen-bond donors (Lipinski definition) is 3. The number of carbonyl (C=O) groups excluding carboxylic acids is 2. The van der Waals surface area contributed by atoms with Crippen LogP contribution in [-0.4, -0.2) is 27.9 Å². The molecule has 0 spiro atoms. The van der Waals surface area contributed by atoms with Crippen LogP contribution in [0.1, 0.15) is 44.0 Å². The van der Waals surface area contributed by atoms with Gasteiger partial charge in [0.1, 0.15) is 0 Å². The lowest BCUT2D eigenvalue weighted by Crippen LogP contribution is -2.30. The monoisotopic (exact) mass is 389 g/mol. The van der Waals surface area contributed by atoms with Gasteiger partial charge in [-0.2, -0.15) is 0 Å². The number of carboxylic acid groups (broad SMARTS) is 1. The Morgan fingerprint density at radius 1 is 1.19 bits per heavy atom. The molecule has 0 saturated carbocycles. The van der Waals surface area contributed by atoms with Crippen LogP contribution >= 0.6 is 11.3 Å². The molecule has 0 bridgehead atoms. The maximum Gasteiger partial charge on any atom is 0.303 e. The van der Waals surface area contributed by atoms with Crippen LogP contribution in [0.15, 0.2) is 35.7 Å². The van der Waals surface area contributed by atoms with Gasteiger partial charge in [0.05, 0.1) is 18.2 Å². The zero-order chi connectivity index (χ0) is 19.8. The smallest absolute Gasteiger partial charge is 0.303 e. The van der Waals surface area contributed by atoms with Gasteiger partial charge >= 0.3 is 5.97 Å². The number of aromatic nitrogens is 1. The summed E-state index contributed by atoms with van der Waals surface area (Å²) in [4.78, 5) is 39.3. The minimum atomic E-state index is -0.907. The van der Waals surface area contributed by atoms with Crippen LogP contribution in [0.3, 0.4) is 0 Å². The Labute approximate surface area is 161 Å². The average Bonchev–Trinajstić information content (AvgIpc) is 3.05. The van der Waals surface area contributed by atoms with Gasteiger partial charge in [-0.25, -0.2) is 4.98 Å². The fraction of sp³-hybridized carbons (Fsp3) is 0.368. The van der Waals surface area contributed by atoms with E-state index in [4.69, 9.17) is 5.11 Å². The Bertz CT molecular complexity index is 789. The van der Waals surface area contributed by atoms with Gasteiger partial charge in [0.25, 0.3) is 0 Å². The van der Waals surface area contributed by atoms with Crippen molar-refractivity contribution in [3.05, 3.63) is 47.0 Å². The predicted octanol–water partition coefficient (Wildman–Crippen LogP) is 3.00. The first kappa shape index (κ1) is 20.6. The van der Waals surface area contributed by atoms with Crippen LogP contribution in [0.5, 0.6) is 0 Å². The molecular weight excluding hydrogens is 366 g/mol. The zero-order valence-corrected chi connectivity index (χ0v) is 16.1. The van der Waals surface area contributed by atoms with Gasteiger partial charge in [0.15, 0.2) is 5.13 Å². The van der Waals surface area contributed by atoms with Crippen LogP contribution in [-0.2, 0) is 20.8 Å². The van der Waals surface area contributed by atoms with Gasteiger partial charge in [-0.15, -0.1) is 11.3 Å². The van der Waals surface area contributed by atoms with Crippen molar-refractivity contribution < 1.29 is 19.5 Å². The van der Waals surface area contributed by atoms with Crippen molar-refractivity contribution in [2.24, 2.45) is 5.92 Å². The topological polar surface area (TPSA) is 108 Å². The summed E-state index contributed by atoms with van der Waals surface area (Å²) in [7, 11) is 0. The molecule has 144 valence electrons. The maximum absolute atomic E-state index is 12.4. The first-order valence-corrected chi connectivity index (χ1v) is 9.54. The number of nitrogens with zero attached hydrogens (tertiary/aromatic N) is 1. The molecule has 1 heterocycles. The van der Waals surface area contributed by atoms with E-state index in [1.54, 1.807) is 19.2 Å². The summed E-state index contributed by atoms with van der Waals surface area (Å²) in [6.07, 6.45) is 0.324. The van der Waals surface area contributed by atoms with Crippen molar-refractivity contribution in [2.45, 2.75) is 39.2 Å². The molecule has 0 aliphatic rings. The summed E-state index contributed by atoms with van der Waals surface area (Å²) in [5.74, 6) is -1.43. The normalized spacial score (nSPS) is 11.8. The second-order valence-electron chi connectivity index (χ2n) is 6.43. The number of carbonyl (C=O) groups is 3. The average molecular weight is 389 g/mol. The summed E-state index contributed by atoms with van der Waals surface area (Å²) in [5.41, 5.74) is 1.41. The van der Waals surface area contributed by atoms with Gasteiger partial charge in [0, 0.05) is 17.7 Å². The largest absolute Gasteiger partial charge is 0.481 e. The van der Waals surface area contributed by atoms with Gasteiger partial charge < -0.3 is 15.7 Å². The summed E-state index contributed by atoms with van der Waals surface area (Å²) in [5, 5.41) is 16.7. The van der Waals surface area contributed by atoms with Crippen LogP contribution in [0.4, 0.5) is 5.13 Å². The maximum atomic E-state index is 12.4. The Morgan fingerprint density at radius 2 is 1.89 bits per heavy atom. The number of thiazole rings is 1. The van der Waals surface area contributed by atoms with Gasteiger partial charge in [-0.05, 0) is 12.0 Å². The lowest BCUT2D eigenvalue weighted by molar-refractivity contribution is -0.137. The highest BCUT2D eigenvalue weighted by Crippen LogP contribution is 2.20. The highest BCUT2D eigenvalue weighted by molar-refractivity contribution is 7.13. The molecule has 1 aromatic heterocycles. The van der Waals surface area contributed by atoms with E-state index >= 15 is 0 Å². The van der Waals surface area contributed by atoms with Crippen LogP contribution in [0, 0.1) is 5.92 Å². The molecule has 0 aliphatic heterocycles. The highest BCUT2D eigenvalue weighted by atomic mass is 32.1. The van der Waals surface area contributed by atoms with E-state index in [0.717, 1.165) is 5.56 Å². The number of rotatable bonds is 9. The molecule has 0 radical (unpaired) electrons. The van der Waals surface area contributed by atoms with Crippen molar-refractivity contribution in [3.63, 3.8) is 0 Å². The van der Waals surface area contributed by atoms with Crippen molar-refractivity contribution in [3.8, 4) is 0 Å². The lowest BCUT2D eigenvalue weighted by Gasteiger charge is -2.18. The van der Waals surface area contributed by atoms with E-state index in [0.29, 0.717) is 17.2 Å². The molecule has 0 fully saturated rings. The fourth-order valence-corrected chi connectivity index (χ4v) is 3.09. The number of nitrogens with one attached hydrogen (secondary N) is 2. The van der Waals surface area contributed by atoms with Gasteiger partial charge in [0.2, 0.25) is 11.8 Å². The summed E-state index contributed by atoms with van der Waals surface area (Å²) >= 11 is 1.27. The van der Waals surface area contributed by atoms with Crippen LogP contribution in [0.2, 0.25) is 0 Å². The van der Waals surface area contributed by atoms with Crippen LogP contribution in [0.25, 0.3) is 0 Å². The molecule has 2 rings (SSSR count). The SMILES string of the molecule is CC(C)C(=O)Nc1nc(CC(=O)NC(CCC(=O)O)c2ccccc2)cs1. The molecule has 7 nitrogen and oxygen atoms in total. The molecule has 1 atom stereocenters. The van der Waals surface area contributed by atoms with E-state index in [-0.39, 0.29) is 36.6 Å². The van der Waals surface area contributed by atoms with Crippen molar-refractivity contribution >= 4 is 34.3 Å². The van der Waals surface area contributed by atoms with E-state index in [9.17, 15) is 14.4 Å². The Hall–Kier alpha value is -2.74. The quantitative estimate of drug-likeness (QED) is 0.611. The fourth-order valence-electron chi connectivity index (χ4n) is 2.38. The van der Waals surface area contributed by atoms with Gasteiger partial charge in [-0.1, -0.05) is 44.2 Å². The summed E-state index contributed by atoms with van der Waals surface area (Å²) in [6.45, 7) is 3.58. The van der Waals surface area contributed by atoms with Crippen LogP contribution < -0.4 is 10.6 Å². The molecule has 0 saturated heterocycles. The summed E-state index contributed by atoms with van der Waals surface area (Å²) in [6, 6.07) is 8.89. The second kappa shape index (κ2) is 9.82. The molecule has 27 heavy (non-hydrogen) atoms. The summed E-state index contributed by atoms with van der Waals surface area (Å²) < 4.78 is 0. The van der Waals surface area contributed by atoms with E-state index in [1.165, 1.54) is 11.3 Å². The number of benzene rings is 1. The first-order chi connectivity index (χ1) is 12.8. The minimum absolute atomic E-state index is 0.0398. The minimum Gasteiger partial charge on any atom is -0.481 e. The first-order valence-electron chi connectivity index (χ1n) is 8.66. The Balaban J connectivity index is 1.98. The number of hydrogen-bond acceptors (Lipinski definition) is 5. The zero-order valence-electron chi connectivity index (χ0n) is 15.3. The molecule has 0 aliphatic carbocycles. The number of amides is 2. The van der Waals surface area contributed by atoms with Gasteiger partial charge in [-0.3, -0.25) is 14.4 Å². The number of carboxylic acids is 1. The molecule has 8 heteroatoms. The van der Waals surface area contributed by atoms with Crippen molar-refractivity contribution in [1.82, 2.24) is 10.3 Å². The molecule has 2 amide bonds. The van der Waals surface area contributed by atoms with E-state index < -0.39 is 5.97 Å². The Kier molecular flexibility index (Phi) is 7.48. The van der Waals surface area contributed by atoms with E-state index in [1.807, 2.05) is 30.3 Å². The Morgan fingerprint density at radius 3 is 2.52 bits per heavy atom. The lowest BCUT2D eigenvalue weighted by atomic mass is 10.0. The molecule has 2 aromatic rings. The molecule has 1 aromatic carbocycles. The predicted molar refractivity (Wildman–Crippen MR) is 103 cm³/mol. The standard InChI is InChI=1S/C19H23N3O4S/c1-12(2)18(26)22-19-20-14(11-27-19)10-16(23)21-15(8-9-17(24)25)13-6-4-3-5-7-13/h3-7,11-12,15H,8-10H2,1-2H3,(H,21,23)(H,24,25)(H,20,22,26). The third kappa shape index (κ3) is 6.82. The highest BCUT2D eigenvalue weighted by Gasteiger charge is 2.17. The van der Waals surface area contributed by atoms with Crippen molar-refractivity contribution in [2.75, 3.05) is 5.32 Å². The third-order valence-corrected chi connectivity index (χ3v) is 4.64. The van der Waals surface area contributed by atoms with Crippen molar-refractivity contribution in [1.29, 1.82) is 0 Å².